The first-order valence-electron chi connectivity index (χ1n) is 10.9. The van der Waals surface area contributed by atoms with Gasteiger partial charge in [-0.15, -0.1) is 0 Å². The van der Waals surface area contributed by atoms with Crippen LogP contribution in [0, 0.1) is 6.92 Å². The summed E-state index contributed by atoms with van der Waals surface area (Å²) in [5, 5.41) is 11.7. The number of rotatable bonds is 5. The van der Waals surface area contributed by atoms with Crippen molar-refractivity contribution in [3.05, 3.63) is 89.0 Å². The Labute approximate surface area is 205 Å². The third kappa shape index (κ3) is 3.81. The minimum atomic E-state index is -0.931. The van der Waals surface area contributed by atoms with Crippen LogP contribution in [0.2, 0.25) is 0 Å². The molecule has 0 saturated carbocycles. The SMILES string of the molecule is COc1cccc(C(O)=C2C(=O)C(=O)N(c3nc4ccc(C)cc4s3)[C@@H]2c2ccccc2OC)c1. The fourth-order valence-corrected chi connectivity index (χ4v) is 5.36. The Bertz CT molecular complexity index is 1510. The number of benzene rings is 3. The summed E-state index contributed by atoms with van der Waals surface area (Å²) in [4.78, 5) is 32.8. The number of fused-ring (bicyclic) bond motifs is 1. The van der Waals surface area contributed by atoms with E-state index in [1.54, 1.807) is 48.5 Å². The van der Waals surface area contributed by atoms with Crippen LogP contribution in [0.15, 0.2) is 72.3 Å². The predicted molar refractivity (Wildman–Crippen MR) is 135 cm³/mol. The number of methoxy groups -OCH3 is 2. The van der Waals surface area contributed by atoms with Gasteiger partial charge < -0.3 is 14.6 Å². The Hall–Kier alpha value is -4.17. The molecule has 176 valence electrons. The number of hydrogen-bond donors (Lipinski definition) is 1. The second kappa shape index (κ2) is 8.88. The van der Waals surface area contributed by atoms with E-state index < -0.39 is 17.7 Å². The molecular formula is C27H22N2O5S. The van der Waals surface area contributed by atoms with Crippen LogP contribution in [-0.4, -0.2) is 36.0 Å². The van der Waals surface area contributed by atoms with Gasteiger partial charge in [0.25, 0.3) is 5.78 Å². The van der Waals surface area contributed by atoms with Gasteiger partial charge in [-0.25, -0.2) is 4.98 Å². The summed E-state index contributed by atoms with van der Waals surface area (Å²) in [6.45, 7) is 1.98. The van der Waals surface area contributed by atoms with Crippen LogP contribution in [0.4, 0.5) is 5.13 Å². The molecule has 1 fully saturated rings. The van der Waals surface area contributed by atoms with Crippen molar-refractivity contribution in [1.82, 2.24) is 4.98 Å². The van der Waals surface area contributed by atoms with Crippen LogP contribution in [0.5, 0.6) is 11.5 Å². The van der Waals surface area contributed by atoms with Crippen molar-refractivity contribution < 1.29 is 24.2 Å². The number of carbonyl (C=O) groups is 2. The summed E-state index contributed by atoms with van der Waals surface area (Å²) >= 11 is 1.32. The van der Waals surface area contributed by atoms with Gasteiger partial charge in [-0.3, -0.25) is 14.5 Å². The molecule has 0 spiro atoms. The number of amides is 1. The fraction of sp³-hybridized carbons (Fsp3) is 0.148. The second-order valence-corrected chi connectivity index (χ2v) is 9.12. The Balaban J connectivity index is 1.76. The standard InChI is InChI=1S/C27H22N2O5S/c1-15-11-12-19-21(13-15)35-27(28-19)29-23(18-9-4-5-10-20(18)34-3)22(25(31)26(29)32)24(30)16-7-6-8-17(14-16)33-2/h4-14,23,30H,1-3H3/t23-/m1/s1. The van der Waals surface area contributed by atoms with Crippen LogP contribution >= 0.6 is 11.3 Å². The van der Waals surface area contributed by atoms with Gasteiger partial charge in [-0.2, -0.15) is 0 Å². The first-order chi connectivity index (χ1) is 16.9. The van der Waals surface area contributed by atoms with Crippen molar-refractivity contribution in [2.45, 2.75) is 13.0 Å². The smallest absolute Gasteiger partial charge is 0.301 e. The highest BCUT2D eigenvalue weighted by atomic mass is 32.1. The highest BCUT2D eigenvalue weighted by molar-refractivity contribution is 7.22. The first-order valence-corrected chi connectivity index (χ1v) is 11.7. The predicted octanol–water partition coefficient (Wildman–Crippen LogP) is 5.25. The minimum absolute atomic E-state index is 0.0387. The Morgan fingerprint density at radius 3 is 2.57 bits per heavy atom. The van der Waals surface area contributed by atoms with Crippen LogP contribution in [0.3, 0.4) is 0 Å². The monoisotopic (exact) mass is 486 g/mol. The summed E-state index contributed by atoms with van der Waals surface area (Å²) in [5.74, 6) is -0.855. The average molecular weight is 487 g/mol. The van der Waals surface area contributed by atoms with E-state index in [1.807, 2.05) is 25.1 Å². The molecule has 1 aliphatic heterocycles. The van der Waals surface area contributed by atoms with Crippen molar-refractivity contribution in [3.63, 3.8) is 0 Å². The van der Waals surface area contributed by atoms with Gasteiger partial charge in [0, 0.05) is 11.1 Å². The van der Waals surface area contributed by atoms with Gasteiger partial charge in [0.2, 0.25) is 0 Å². The molecular weight excluding hydrogens is 464 g/mol. The van der Waals surface area contributed by atoms with E-state index in [1.165, 1.54) is 30.5 Å². The van der Waals surface area contributed by atoms with Gasteiger partial charge in [0.05, 0.1) is 30.0 Å². The molecule has 5 rings (SSSR count). The summed E-state index contributed by atoms with van der Waals surface area (Å²) in [6.07, 6.45) is 0. The lowest BCUT2D eigenvalue weighted by atomic mass is 9.94. The van der Waals surface area contributed by atoms with E-state index in [4.69, 9.17) is 9.47 Å². The van der Waals surface area contributed by atoms with E-state index in [2.05, 4.69) is 4.98 Å². The highest BCUT2D eigenvalue weighted by Gasteiger charge is 2.49. The second-order valence-electron chi connectivity index (χ2n) is 8.11. The molecule has 1 aliphatic rings. The largest absolute Gasteiger partial charge is 0.507 e. The number of aliphatic hydroxyl groups excluding tert-OH is 1. The van der Waals surface area contributed by atoms with Crippen LogP contribution in [0.1, 0.15) is 22.7 Å². The van der Waals surface area contributed by atoms with E-state index in [-0.39, 0.29) is 11.3 Å². The Morgan fingerprint density at radius 2 is 1.80 bits per heavy atom. The zero-order valence-corrected chi connectivity index (χ0v) is 20.1. The normalized spacial score (nSPS) is 17.2. The molecule has 2 heterocycles. The van der Waals surface area contributed by atoms with Gasteiger partial charge >= 0.3 is 5.91 Å². The number of aromatic nitrogens is 1. The van der Waals surface area contributed by atoms with E-state index in [0.717, 1.165) is 15.8 Å². The highest BCUT2D eigenvalue weighted by Crippen LogP contribution is 2.46. The number of Topliss-reactive ketones (excluding diaryl/α,β-unsaturated/α-hetero) is 1. The first kappa shape index (κ1) is 22.6. The molecule has 7 nitrogen and oxygen atoms in total. The molecule has 8 heteroatoms. The number of anilines is 1. The van der Waals surface area contributed by atoms with Gasteiger partial charge in [0.1, 0.15) is 23.3 Å². The molecule has 0 unspecified atom stereocenters. The zero-order chi connectivity index (χ0) is 24.7. The Kier molecular flexibility index (Phi) is 5.74. The van der Waals surface area contributed by atoms with E-state index in [0.29, 0.717) is 27.8 Å². The third-order valence-electron chi connectivity index (χ3n) is 5.96. The summed E-state index contributed by atoms with van der Waals surface area (Å²) in [6, 6.07) is 18.7. The lowest BCUT2D eigenvalue weighted by molar-refractivity contribution is -0.132. The van der Waals surface area contributed by atoms with E-state index in [9.17, 15) is 14.7 Å². The van der Waals surface area contributed by atoms with Gasteiger partial charge in [-0.05, 0) is 42.8 Å². The molecule has 1 N–H and O–H groups in total. The molecule has 0 radical (unpaired) electrons. The zero-order valence-electron chi connectivity index (χ0n) is 19.3. The molecule has 1 saturated heterocycles. The molecule has 1 atom stereocenters. The topological polar surface area (TPSA) is 89.0 Å². The number of aliphatic hydroxyl groups is 1. The van der Waals surface area contributed by atoms with Crippen molar-refractivity contribution >= 4 is 44.1 Å². The van der Waals surface area contributed by atoms with Crippen LogP contribution < -0.4 is 14.4 Å². The molecule has 0 aliphatic carbocycles. The maximum atomic E-state index is 13.4. The lowest BCUT2D eigenvalue weighted by Gasteiger charge is -2.24. The quantitative estimate of drug-likeness (QED) is 0.236. The summed E-state index contributed by atoms with van der Waals surface area (Å²) in [5.41, 5.74) is 2.68. The minimum Gasteiger partial charge on any atom is -0.507 e. The molecule has 1 aromatic heterocycles. The number of para-hydroxylation sites is 1. The maximum absolute atomic E-state index is 13.4. The van der Waals surface area contributed by atoms with Crippen LogP contribution in [0.25, 0.3) is 16.0 Å². The van der Waals surface area contributed by atoms with Crippen molar-refractivity contribution in [1.29, 1.82) is 0 Å². The van der Waals surface area contributed by atoms with Gasteiger partial charge in [-0.1, -0.05) is 47.7 Å². The van der Waals surface area contributed by atoms with Crippen molar-refractivity contribution in [2.75, 3.05) is 19.1 Å². The molecule has 0 bridgehead atoms. The number of carbonyl (C=O) groups excluding carboxylic acids is 2. The Morgan fingerprint density at radius 1 is 1.00 bits per heavy atom. The average Bonchev–Trinajstić information content (AvgIpc) is 3.41. The number of aryl methyl sites for hydroxylation is 1. The van der Waals surface area contributed by atoms with Gasteiger partial charge in [0.15, 0.2) is 5.13 Å². The van der Waals surface area contributed by atoms with E-state index >= 15 is 0 Å². The van der Waals surface area contributed by atoms with Crippen molar-refractivity contribution in [3.8, 4) is 11.5 Å². The number of hydrogen-bond acceptors (Lipinski definition) is 7. The summed E-state index contributed by atoms with van der Waals surface area (Å²) < 4.78 is 11.7. The number of nitrogens with zero attached hydrogens (tertiary/aromatic N) is 2. The maximum Gasteiger partial charge on any atom is 0.301 e. The van der Waals surface area contributed by atoms with Crippen molar-refractivity contribution in [2.24, 2.45) is 0 Å². The molecule has 4 aromatic rings. The molecule has 35 heavy (non-hydrogen) atoms. The fourth-order valence-electron chi connectivity index (χ4n) is 4.26. The number of thiazole rings is 1. The summed E-state index contributed by atoms with van der Waals surface area (Å²) in [7, 11) is 3.04. The van der Waals surface area contributed by atoms with Crippen LogP contribution in [-0.2, 0) is 9.59 Å². The third-order valence-corrected chi connectivity index (χ3v) is 6.98. The number of ketones is 1. The molecule has 1 amide bonds. The molecule has 3 aromatic carbocycles. The lowest BCUT2D eigenvalue weighted by Crippen LogP contribution is -2.29. The number of ether oxygens (including phenoxy) is 2.